The van der Waals surface area contributed by atoms with Crippen LogP contribution >= 0.6 is 0 Å². The van der Waals surface area contributed by atoms with Crippen LogP contribution in [0.5, 0.6) is 0 Å². The average molecular weight is 425 g/mol. The molecule has 1 spiro atoms. The molecule has 3 aliphatic heterocycles. The number of rotatable bonds is 4. The first-order valence-electron chi connectivity index (χ1n) is 11.2. The molecule has 1 aliphatic carbocycles. The van der Waals surface area contributed by atoms with Gasteiger partial charge in [-0.1, -0.05) is 30.9 Å². The number of amides is 3. The van der Waals surface area contributed by atoms with Crippen LogP contribution in [0.15, 0.2) is 18.2 Å². The normalized spacial score (nSPS) is 32.5. The number of benzene rings is 1. The molecule has 0 radical (unpaired) electrons. The fraction of sp³-hybridized carbons (Fsp3) is 0.565. The van der Waals surface area contributed by atoms with E-state index in [9.17, 15) is 24.3 Å². The number of carboxylic acids is 1. The molecule has 8 nitrogen and oxygen atoms in total. The summed E-state index contributed by atoms with van der Waals surface area (Å²) < 4.78 is 0. The highest BCUT2D eigenvalue weighted by Crippen LogP contribution is 2.50. The largest absolute Gasteiger partial charge is 0.550 e. The SMILES string of the molecule is Cc1ccc2c(c1)[C@@]1([NH2+]C(CCC(=O)[O-])C3C(=O)N(C4CCCCC4)C(=O)C31)C(=O)N2. The summed E-state index contributed by atoms with van der Waals surface area (Å²) in [5.74, 6) is -3.54. The summed E-state index contributed by atoms with van der Waals surface area (Å²) in [6.07, 6.45) is 4.60. The van der Waals surface area contributed by atoms with Gasteiger partial charge < -0.3 is 20.5 Å². The number of nitrogens with one attached hydrogen (secondary N) is 1. The van der Waals surface area contributed by atoms with Gasteiger partial charge >= 0.3 is 0 Å². The number of imide groups is 1. The van der Waals surface area contributed by atoms with Crippen molar-refractivity contribution in [1.82, 2.24) is 4.90 Å². The van der Waals surface area contributed by atoms with Crippen molar-refractivity contribution in [2.75, 3.05) is 5.32 Å². The Morgan fingerprint density at radius 2 is 1.94 bits per heavy atom. The maximum Gasteiger partial charge on any atom is 0.291 e. The fourth-order valence-electron chi connectivity index (χ4n) is 6.35. The van der Waals surface area contributed by atoms with Crippen LogP contribution in [0.25, 0.3) is 0 Å². The van der Waals surface area contributed by atoms with Crippen LogP contribution in [0.3, 0.4) is 0 Å². The number of aliphatic carboxylic acids is 1. The third-order valence-corrected chi connectivity index (χ3v) is 7.68. The molecule has 1 aromatic rings. The number of hydrogen-bond donors (Lipinski definition) is 2. The summed E-state index contributed by atoms with van der Waals surface area (Å²) in [6.45, 7) is 1.92. The molecule has 5 rings (SSSR count). The van der Waals surface area contributed by atoms with Gasteiger partial charge in [0.1, 0.15) is 17.9 Å². The molecule has 1 aromatic carbocycles. The molecule has 4 atom stereocenters. The first kappa shape index (κ1) is 20.2. The van der Waals surface area contributed by atoms with Gasteiger partial charge in [-0.25, -0.2) is 0 Å². The standard InChI is InChI=1S/C23H27N3O5/c1-12-7-8-15-14(11-12)23(22(31)24-15)19-18(16(25-23)9-10-17(27)28)20(29)26(21(19)30)13-5-3-2-4-6-13/h7-8,11,13,16,18-19,25H,2-6,9-10H2,1H3,(H,24,31)(H,27,28)/t16?,18?,19?,23-/m0/s1. The van der Waals surface area contributed by atoms with Crippen LogP contribution in [0.1, 0.15) is 56.1 Å². The van der Waals surface area contributed by atoms with E-state index >= 15 is 0 Å². The van der Waals surface area contributed by atoms with Crippen molar-refractivity contribution in [1.29, 1.82) is 0 Å². The van der Waals surface area contributed by atoms with Crippen LogP contribution in [-0.2, 0) is 24.7 Å². The number of nitrogens with zero attached hydrogens (tertiary/aromatic N) is 1. The van der Waals surface area contributed by atoms with Crippen molar-refractivity contribution in [2.24, 2.45) is 11.8 Å². The number of aryl methyl sites for hydroxylation is 1. The molecule has 0 bridgehead atoms. The highest BCUT2D eigenvalue weighted by molar-refractivity contribution is 6.14. The Labute approximate surface area is 180 Å². The quantitative estimate of drug-likeness (QED) is 0.633. The Kier molecular flexibility index (Phi) is 4.66. The van der Waals surface area contributed by atoms with Gasteiger partial charge in [0.25, 0.3) is 5.91 Å². The lowest BCUT2D eigenvalue weighted by Crippen LogP contribution is -2.99. The molecule has 3 amide bonds. The van der Waals surface area contributed by atoms with E-state index < -0.39 is 29.4 Å². The Morgan fingerprint density at radius 1 is 1.19 bits per heavy atom. The van der Waals surface area contributed by atoms with Gasteiger partial charge in [-0.3, -0.25) is 19.3 Å². The number of carbonyl (C=O) groups is 4. The van der Waals surface area contributed by atoms with Gasteiger partial charge in [-0.2, -0.15) is 0 Å². The van der Waals surface area contributed by atoms with Crippen LogP contribution in [-0.4, -0.2) is 40.7 Å². The Bertz CT molecular complexity index is 985. The number of hydrogen-bond acceptors (Lipinski definition) is 5. The number of carbonyl (C=O) groups excluding carboxylic acids is 4. The van der Waals surface area contributed by atoms with Crippen LogP contribution < -0.4 is 15.7 Å². The van der Waals surface area contributed by atoms with Gasteiger partial charge in [0.05, 0.1) is 5.69 Å². The fourth-order valence-corrected chi connectivity index (χ4v) is 6.35. The van der Waals surface area contributed by atoms with E-state index in [2.05, 4.69) is 5.32 Å². The molecule has 2 saturated heterocycles. The van der Waals surface area contributed by atoms with Crippen molar-refractivity contribution in [3.63, 3.8) is 0 Å². The molecular weight excluding hydrogens is 398 g/mol. The molecule has 8 heteroatoms. The Morgan fingerprint density at radius 3 is 2.65 bits per heavy atom. The third kappa shape index (κ3) is 2.84. The van der Waals surface area contributed by atoms with Crippen molar-refractivity contribution in [3.05, 3.63) is 29.3 Å². The second kappa shape index (κ2) is 7.15. The zero-order chi connectivity index (χ0) is 21.9. The Balaban J connectivity index is 1.60. The molecule has 3 unspecified atom stereocenters. The van der Waals surface area contributed by atoms with Crippen LogP contribution in [0.4, 0.5) is 5.69 Å². The van der Waals surface area contributed by atoms with E-state index in [0.717, 1.165) is 43.2 Å². The summed E-state index contributed by atoms with van der Waals surface area (Å²) in [7, 11) is 0. The van der Waals surface area contributed by atoms with Gasteiger partial charge in [-0.15, -0.1) is 0 Å². The molecule has 3 fully saturated rings. The van der Waals surface area contributed by atoms with Gasteiger partial charge in [0.15, 0.2) is 0 Å². The van der Waals surface area contributed by atoms with E-state index in [0.29, 0.717) is 5.69 Å². The highest BCUT2D eigenvalue weighted by Gasteiger charge is 2.74. The predicted octanol–water partition coefficient (Wildman–Crippen LogP) is -0.448. The molecule has 164 valence electrons. The zero-order valence-electron chi connectivity index (χ0n) is 17.6. The van der Waals surface area contributed by atoms with E-state index in [1.807, 2.05) is 25.1 Å². The lowest BCUT2D eigenvalue weighted by atomic mass is 9.76. The number of likely N-dealkylation sites (tertiary alicyclic amines) is 1. The van der Waals surface area contributed by atoms with Crippen LogP contribution in [0.2, 0.25) is 0 Å². The van der Waals surface area contributed by atoms with Crippen molar-refractivity contribution < 1.29 is 29.6 Å². The minimum Gasteiger partial charge on any atom is -0.550 e. The number of carboxylic acid groups (broad SMARTS) is 1. The first-order valence-corrected chi connectivity index (χ1v) is 11.2. The summed E-state index contributed by atoms with van der Waals surface area (Å²) in [5, 5.41) is 15.9. The molecule has 4 aliphatic rings. The van der Waals surface area contributed by atoms with E-state index in [1.54, 1.807) is 5.32 Å². The molecular formula is C23H27N3O5. The van der Waals surface area contributed by atoms with E-state index in [1.165, 1.54) is 4.90 Å². The summed E-state index contributed by atoms with van der Waals surface area (Å²) in [4.78, 5) is 53.3. The lowest BCUT2D eigenvalue weighted by molar-refractivity contribution is -0.734. The van der Waals surface area contributed by atoms with Crippen LogP contribution in [0, 0.1) is 18.8 Å². The lowest BCUT2D eigenvalue weighted by Gasteiger charge is -2.32. The van der Waals surface area contributed by atoms with Gasteiger partial charge in [0, 0.05) is 24.0 Å². The average Bonchev–Trinajstić information content (AvgIpc) is 3.32. The predicted molar refractivity (Wildman–Crippen MR) is 107 cm³/mol. The highest BCUT2D eigenvalue weighted by atomic mass is 16.4. The third-order valence-electron chi connectivity index (χ3n) is 7.68. The van der Waals surface area contributed by atoms with Gasteiger partial charge in [0.2, 0.25) is 17.4 Å². The zero-order valence-corrected chi connectivity index (χ0v) is 17.6. The summed E-state index contributed by atoms with van der Waals surface area (Å²) in [6, 6.07) is 5.04. The van der Waals surface area contributed by atoms with Crippen molar-refractivity contribution >= 4 is 29.4 Å². The second-order valence-corrected chi connectivity index (χ2v) is 9.46. The maximum atomic E-state index is 13.8. The topological polar surface area (TPSA) is 123 Å². The molecule has 3 N–H and O–H groups in total. The van der Waals surface area contributed by atoms with E-state index in [-0.39, 0.29) is 36.6 Å². The molecule has 0 aromatic heterocycles. The van der Waals surface area contributed by atoms with E-state index in [4.69, 9.17) is 0 Å². The minimum atomic E-state index is -1.24. The second-order valence-electron chi connectivity index (χ2n) is 9.46. The minimum absolute atomic E-state index is 0.125. The number of anilines is 1. The van der Waals surface area contributed by atoms with Gasteiger partial charge in [-0.05, 0) is 38.3 Å². The number of fused-ring (bicyclic) bond motifs is 4. The summed E-state index contributed by atoms with van der Waals surface area (Å²) in [5.41, 5.74) is 1.09. The number of nitrogens with two attached hydrogens (primary N) is 1. The Hall–Kier alpha value is -2.74. The van der Waals surface area contributed by atoms with Crippen molar-refractivity contribution in [2.45, 2.75) is 69.5 Å². The smallest absolute Gasteiger partial charge is 0.291 e. The molecule has 31 heavy (non-hydrogen) atoms. The maximum absolute atomic E-state index is 13.8. The summed E-state index contributed by atoms with van der Waals surface area (Å²) >= 11 is 0. The van der Waals surface area contributed by atoms with Crippen molar-refractivity contribution in [3.8, 4) is 0 Å². The molecule has 3 heterocycles. The monoisotopic (exact) mass is 425 g/mol. The first-order chi connectivity index (χ1) is 14.8. The number of quaternary nitrogens is 1. The molecule has 1 saturated carbocycles.